The Morgan fingerprint density at radius 2 is 1.88 bits per heavy atom. The summed E-state index contributed by atoms with van der Waals surface area (Å²) in [5, 5.41) is 14.2. The van der Waals surface area contributed by atoms with Crippen LogP contribution in [0.4, 0.5) is 0 Å². The summed E-state index contributed by atoms with van der Waals surface area (Å²) in [6.07, 6.45) is 0. The van der Waals surface area contributed by atoms with Crippen LogP contribution in [0.5, 0.6) is 5.75 Å². The lowest BCUT2D eigenvalue weighted by atomic mass is 10.1. The monoisotopic (exact) mass is 450 g/mol. The van der Waals surface area contributed by atoms with Crippen LogP contribution in [0.2, 0.25) is 0 Å². The van der Waals surface area contributed by atoms with E-state index >= 15 is 0 Å². The summed E-state index contributed by atoms with van der Waals surface area (Å²) in [4.78, 5) is 12.2. The predicted molar refractivity (Wildman–Crippen MR) is 99.4 cm³/mol. The molecule has 0 bridgehead atoms. The van der Waals surface area contributed by atoms with Gasteiger partial charge in [-0.2, -0.15) is 5.10 Å². The molecule has 0 aliphatic heterocycles. The van der Waals surface area contributed by atoms with Gasteiger partial charge in [0, 0.05) is 9.86 Å². The molecule has 0 unspecified atom stereocenters. The Morgan fingerprint density at radius 1 is 1.17 bits per heavy atom. The first-order valence-corrected chi connectivity index (χ1v) is 8.55. The van der Waals surface area contributed by atoms with E-state index in [9.17, 15) is 9.90 Å². The van der Waals surface area contributed by atoms with E-state index in [1.807, 2.05) is 12.1 Å². The van der Waals surface area contributed by atoms with E-state index in [-0.39, 0.29) is 11.5 Å². The number of aromatic hydroxyl groups is 1. The standard InChI is InChI=1S/C17H12Br2N2O3/c1-9(10-2-4-13(22)5-3-10)20-21-17(23)15-7-11-6-12(18)8-14(19)16(11)24-15/h2-8,22H,1H3,(H,21,23)/b20-9+. The van der Waals surface area contributed by atoms with Crippen molar-refractivity contribution in [2.75, 3.05) is 0 Å². The van der Waals surface area contributed by atoms with Crippen LogP contribution in [0.3, 0.4) is 0 Å². The fourth-order valence-electron chi connectivity index (χ4n) is 2.14. The van der Waals surface area contributed by atoms with E-state index in [4.69, 9.17) is 4.42 Å². The summed E-state index contributed by atoms with van der Waals surface area (Å²) in [6.45, 7) is 1.76. The number of rotatable bonds is 3. The van der Waals surface area contributed by atoms with Gasteiger partial charge in [-0.1, -0.05) is 15.9 Å². The molecular weight excluding hydrogens is 440 g/mol. The van der Waals surface area contributed by atoms with E-state index in [0.29, 0.717) is 11.3 Å². The van der Waals surface area contributed by atoms with Crippen molar-refractivity contribution in [3.8, 4) is 5.75 Å². The van der Waals surface area contributed by atoms with Crippen molar-refractivity contribution in [2.24, 2.45) is 5.10 Å². The van der Waals surface area contributed by atoms with Gasteiger partial charge in [-0.3, -0.25) is 4.79 Å². The van der Waals surface area contributed by atoms with E-state index in [2.05, 4.69) is 42.4 Å². The maximum Gasteiger partial charge on any atom is 0.307 e. The highest BCUT2D eigenvalue weighted by molar-refractivity contribution is 9.11. The Balaban J connectivity index is 1.81. The molecule has 2 N–H and O–H groups in total. The van der Waals surface area contributed by atoms with Gasteiger partial charge in [-0.05, 0) is 70.9 Å². The van der Waals surface area contributed by atoms with Crippen molar-refractivity contribution < 1.29 is 14.3 Å². The number of amides is 1. The van der Waals surface area contributed by atoms with Crippen LogP contribution in [0.1, 0.15) is 23.0 Å². The van der Waals surface area contributed by atoms with Gasteiger partial charge >= 0.3 is 5.91 Å². The number of carbonyl (C=O) groups is 1. The van der Waals surface area contributed by atoms with Crippen LogP contribution in [0, 0.1) is 0 Å². The van der Waals surface area contributed by atoms with Crippen molar-refractivity contribution in [3.05, 3.63) is 62.7 Å². The van der Waals surface area contributed by atoms with Crippen molar-refractivity contribution >= 4 is 54.4 Å². The average molecular weight is 452 g/mol. The minimum atomic E-state index is -0.438. The summed E-state index contributed by atoms with van der Waals surface area (Å²) in [6, 6.07) is 11.9. The van der Waals surface area contributed by atoms with Gasteiger partial charge in [0.15, 0.2) is 5.76 Å². The summed E-state index contributed by atoms with van der Waals surface area (Å²) in [7, 11) is 0. The summed E-state index contributed by atoms with van der Waals surface area (Å²) < 4.78 is 7.23. The van der Waals surface area contributed by atoms with Crippen LogP contribution in [0.25, 0.3) is 11.0 Å². The molecule has 0 saturated carbocycles. The van der Waals surface area contributed by atoms with Gasteiger partial charge in [0.1, 0.15) is 11.3 Å². The van der Waals surface area contributed by atoms with E-state index < -0.39 is 5.91 Å². The number of furan rings is 1. The zero-order valence-corrected chi connectivity index (χ0v) is 15.7. The second kappa shape index (κ2) is 6.78. The number of phenols is 1. The smallest absolute Gasteiger partial charge is 0.307 e. The van der Waals surface area contributed by atoms with Crippen molar-refractivity contribution in [1.82, 2.24) is 5.43 Å². The molecule has 0 atom stereocenters. The number of nitrogens with one attached hydrogen (secondary N) is 1. The van der Waals surface area contributed by atoms with Crippen molar-refractivity contribution in [3.63, 3.8) is 0 Å². The van der Waals surface area contributed by atoms with Crippen LogP contribution in [-0.4, -0.2) is 16.7 Å². The topological polar surface area (TPSA) is 74.8 Å². The Labute approximate surface area is 154 Å². The number of hydrogen-bond acceptors (Lipinski definition) is 4. The Morgan fingerprint density at radius 3 is 2.58 bits per heavy atom. The van der Waals surface area contributed by atoms with Crippen LogP contribution >= 0.6 is 31.9 Å². The normalized spacial score (nSPS) is 11.7. The molecule has 3 rings (SSSR count). The van der Waals surface area contributed by atoms with Crippen molar-refractivity contribution in [1.29, 1.82) is 0 Å². The molecule has 2 aromatic carbocycles. The molecule has 0 saturated heterocycles. The number of fused-ring (bicyclic) bond motifs is 1. The number of hydrazone groups is 1. The van der Waals surface area contributed by atoms with E-state index in [1.165, 1.54) is 0 Å². The minimum absolute atomic E-state index is 0.172. The quantitative estimate of drug-likeness (QED) is 0.442. The lowest BCUT2D eigenvalue weighted by molar-refractivity contribution is 0.0929. The van der Waals surface area contributed by atoms with E-state index in [1.54, 1.807) is 37.3 Å². The van der Waals surface area contributed by atoms with Gasteiger partial charge in [-0.15, -0.1) is 0 Å². The minimum Gasteiger partial charge on any atom is -0.508 e. The predicted octanol–water partition coefficient (Wildman–Crippen LogP) is 4.82. The molecule has 0 radical (unpaired) electrons. The third kappa shape index (κ3) is 3.52. The molecule has 1 heterocycles. The first-order valence-electron chi connectivity index (χ1n) is 6.96. The molecule has 24 heavy (non-hydrogen) atoms. The molecule has 1 aromatic heterocycles. The van der Waals surface area contributed by atoms with Gasteiger partial charge < -0.3 is 9.52 Å². The number of phenolic OH excluding ortho intramolecular Hbond substituents is 1. The zero-order valence-electron chi connectivity index (χ0n) is 12.5. The fraction of sp³-hybridized carbons (Fsp3) is 0.0588. The second-order valence-corrected chi connectivity index (χ2v) is 6.87. The number of benzene rings is 2. The van der Waals surface area contributed by atoms with Gasteiger partial charge in [-0.25, -0.2) is 5.43 Å². The molecule has 0 fully saturated rings. The zero-order chi connectivity index (χ0) is 17.3. The summed E-state index contributed by atoms with van der Waals surface area (Å²) >= 11 is 6.80. The largest absolute Gasteiger partial charge is 0.508 e. The molecule has 5 nitrogen and oxygen atoms in total. The van der Waals surface area contributed by atoms with E-state index in [0.717, 1.165) is 19.9 Å². The maximum absolute atomic E-state index is 12.2. The number of hydrogen-bond donors (Lipinski definition) is 2. The number of carbonyl (C=O) groups excluding carboxylic acids is 1. The van der Waals surface area contributed by atoms with Gasteiger partial charge in [0.2, 0.25) is 0 Å². The average Bonchev–Trinajstić information content (AvgIpc) is 2.97. The number of nitrogens with zero attached hydrogens (tertiary/aromatic N) is 1. The van der Waals surface area contributed by atoms with Crippen LogP contribution < -0.4 is 5.43 Å². The third-order valence-corrected chi connectivity index (χ3v) is 4.42. The van der Waals surface area contributed by atoms with Crippen LogP contribution in [0.15, 0.2) is 60.9 Å². The lowest BCUT2D eigenvalue weighted by Gasteiger charge is -2.01. The third-order valence-electron chi connectivity index (χ3n) is 3.37. The molecular formula is C17H12Br2N2O3. The first kappa shape index (κ1) is 16.7. The second-order valence-electron chi connectivity index (χ2n) is 5.10. The Kier molecular flexibility index (Phi) is 4.73. The molecule has 122 valence electrons. The highest BCUT2D eigenvalue weighted by Crippen LogP contribution is 2.30. The van der Waals surface area contributed by atoms with Crippen molar-refractivity contribution in [2.45, 2.75) is 6.92 Å². The SMILES string of the molecule is C/C(=N\NC(=O)c1cc2cc(Br)cc(Br)c2o1)c1ccc(O)cc1. The summed E-state index contributed by atoms with van der Waals surface area (Å²) in [5.74, 6) is -0.0898. The molecule has 3 aromatic rings. The highest BCUT2D eigenvalue weighted by Gasteiger charge is 2.14. The van der Waals surface area contributed by atoms with Gasteiger partial charge in [0.05, 0.1) is 10.2 Å². The Bertz CT molecular complexity index is 946. The molecule has 1 amide bonds. The highest BCUT2D eigenvalue weighted by atomic mass is 79.9. The van der Waals surface area contributed by atoms with Crippen LogP contribution in [-0.2, 0) is 0 Å². The Hall–Kier alpha value is -2.12. The first-order chi connectivity index (χ1) is 11.4. The molecule has 7 heteroatoms. The molecule has 0 aliphatic carbocycles. The number of halogens is 2. The summed E-state index contributed by atoms with van der Waals surface area (Å²) in [5.41, 5.74) is 4.48. The molecule has 0 spiro atoms. The lowest BCUT2D eigenvalue weighted by Crippen LogP contribution is -2.18. The molecule has 0 aliphatic rings. The van der Waals surface area contributed by atoms with Gasteiger partial charge in [0.25, 0.3) is 0 Å². The maximum atomic E-state index is 12.2. The fourth-order valence-corrected chi connectivity index (χ4v) is 3.48.